The van der Waals surface area contributed by atoms with E-state index in [0.29, 0.717) is 0 Å². The van der Waals surface area contributed by atoms with Crippen molar-refractivity contribution in [2.75, 3.05) is 0 Å². The van der Waals surface area contributed by atoms with Crippen LogP contribution >= 0.6 is 0 Å². The van der Waals surface area contributed by atoms with Gasteiger partial charge < -0.3 is 0 Å². The average Bonchev–Trinajstić information content (AvgIpc) is 3.10. The summed E-state index contributed by atoms with van der Waals surface area (Å²) in [4.78, 5) is 4.42. The molecule has 1 heterocycles. The standard InChI is InChI=1S/C16H11N.C6H6.C2H3N/c1-2-5-12-11(4-1)10-15-13(12)7-8-16-14(15)6-3-9-17-16;1-2-4-6-5-3-1;1-2-3/h1-9H,10H2;1-6H;1H3. The van der Waals surface area contributed by atoms with Gasteiger partial charge in [-0.2, -0.15) is 5.26 Å². The number of hydrogen-bond donors (Lipinski definition) is 0. The van der Waals surface area contributed by atoms with E-state index in [0.717, 1.165) is 11.9 Å². The summed E-state index contributed by atoms with van der Waals surface area (Å²) in [6, 6.07) is 30.9. The Morgan fingerprint density at radius 3 is 2.12 bits per heavy atom. The topological polar surface area (TPSA) is 36.7 Å². The van der Waals surface area contributed by atoms with Gasteiger partial charge in [-0.25, -0.2) is 0 Å². The highest BCUT2D eigenvalue weighted by molar-refractivity contribution is 5.93. The lowest BCUT2D eigenvalue weighted by atomic mass is 10.0. The smallest absolute Gasteiger partial charge is 0.0705 e. The SMILES string of the molecule is CC#N.c1ccc2c(c1)Cc1c-2ccc2ncccc12.c1ccccc1. The number of nitriles is 1. The van der Waals surface area contributed by atoms with Crippen molar-refractivity contribution in [2.45, 2.75) is 13.3 Å². The van der Waals surface area contributed by atoms with Crippen molar-refractivity contribution in [3.63, 3.8) is 0 Å². The zero-order valence-electron chi connectivity index (χ0n) is 14.8. The minimum absolute atomic E-state index is 1.04. The maximum Gasteiger partial charge on any atom is 0.0705 e. The Bertz CT molecular complexity index is 1000. The number of nitrogens with zero attached hydrogens (tertiary/aromatic N) is 2. The molecular weight excluding hydrogens is 316 g/mol. The predicted octanol–water partition coefficient (Wildman–Crippen LogP) is 6.02. The molecule has 0 N–H and O–H groups in total. The zero-order chi connectivity index (χ0) is 18.2. The molecule has 0 saturated carbocycles. The minimum Gasteiger partial charge on any atom is -0.256 e. The van der Waals surface area contributed by atoms with Crippen LogP contribution in [0.25, 0.3) is 22.0 Å². The van der Waals surface area contributed by atoms with Crippen molar-refractivity contribution in [3.05, 3.63) is 102 Å². The van der Waals surface area contributed by atoms with Gasteiger partial charge in [0.05, 0.1) is 11.6 Å². The first-order valence-corrected chi connectivity index (χ1v) is 8.61. The Morgan fingerprint density at radius 1 is 0.769 bits per heavy atom. The van der Waals surface area contributed by atoms with E-state index in [9.17, 15) is 0 Å². The van der Waals surface area contributed by atoms with E-state index in [1.54, 1.807) is 6.07 Å². The molecule has 0 amide bonds. The molecular formula is C24H20N2. The molecule has 26 heavy (non-hydrogen) atoms. The lowest BCUT2D eigenvalue weighted by Gasteiger charge is -2.04. The fourth-order valence-electron chi connectivity index (χ4n) is 3.17. The predicted molar refractivity (Wildman–Crippen MR) is 108 cm³/mol. The highest BCUT2D eigenvalue weighted by Gasteiger charge is 2.19. The third kappa shape index (κ3) is 3.79. The lowest BCUT2D eigenvalue weighted by Crippen LogP contribution is -1.85. The molecule has 1 aliphatic carbocycles. The van der Waals surface area contributed by atoms with Crippen LogP contribution in [0.2, 0.25) is 0 Å². The summed E-state index contributed by atoms with van der Waals surface area (Å²) in [5, 5.41) is 8.61. The van der Waals surface area contributed by atoms with Crippen molar-refractivity contribution in [1.82, 2.24) is 4.98 Å². The van der Waals surface area contributed by atoms with Gasteiger partial charge in [0.15, 0.2) is 0 Å². The molecule has 2 heteroatoms. The monoisotopic (exact) mass is 336 g/mol. The second kappa shape index (κ2) is 8.60. The highest BCUT2D eigenvalue weighted by atomic mass is 14.6. The van der Waals surface area contributed by atoms with Gasteiger partial charge >= 0.3 is 0 Å². The van der Waals surface area contributed by atoms with E-state index in [4.69, 9.17) is 5.26 Å². The summed E-state index contributed by atoms with van der Waals surface area (Å²) < 4.78 is 0. The van der Waals surface area contributed by atoms with Crippen LogP contribution in [-0.2, 0) is 6.42 Å². The Kier molecular flexibility index (Phi) is 5.75. The van der Waals surface area contributed by atoms with Gasteiger partial charge in [0.2, 0.25) is 0 Å². The summed E-state index contributed by atoms with van der Waals surface area (Å²) >= 11 is 0. The maximum atomic E-state index is 7.32. The first-order valence-electron chi connectivity index (χ1n) is 8.61. The van der Waals surface area contributed by atoms with Gasteiger partial charge in [-0.1, -0.05) is 72.8 Å². The van der Waals surface area contributed by atoms with Crippen molar-refractivity contribution in [1.29, 1.82) is 5.26 Å². The largest absolute Gasteiger partial charge is 0.256 e. The number of hydrogen-bond acceptors (Lipinski definition) is 2. The van der Waals surface area contributed by atoms with E-state index in [2.05, 4.69) is 47.4 Å². The van der Waals surface area contributed by atoms with Gasteiger partial charge in [-0.3, -0.25) is 4.98 Å². The van der Waals surface area contributed by atoms with Gasteiger partial charge in [-0.05, 0) is 40.8 Å². The third-order valence-electron chi connectivity index (χ3n) is 4.24. The molecule has 126 valence electrons. The summed E-state index contributed by atoms with van der Waals surface area (Å²) in [5.41, 5.74) is 6.71. The number of rotatable bonds is 0. The van der Waals surface area contributed by atoms with E-state index >= 15 is 0 Å². The Hall–Kier alpha value is -3.44. The molecule has 0 spiro atoms. The molecule has 3 aromatic carbocycles. The van der Waals surface area contributed by atoms with Gasteiger partial charge in [0.1, 0.15) is 0 Å². The summed E-state index contributed by atoms with van der Waals surface area (Å²) in [6.45, 7) is 1.43. The summed E-state index contributed by atoms with van der Waals surface area (Å²) in [7, 11) is 0. The van der Waals surface area contributed by atoms with E-state index < -0.39 is 0 Å². The number of aromatic nitrogens is 1. The zero-order valence-corrected chi connectivity index (χ0v) is 14.8. The van der Waals surface area contributed by atoms with Crippen LogP contribution in [0.15, 0.2) is 91.1 Å². The van der Waals surface area contributed by atoms with Gasteiger partial charge in [0, 0.05) is 18.5 Å². The minimum atomic E-state index is 1.04. The number of pyridine rings is 1. The Labute approximate surface area is 154 Å². The summed E-state index contributed by atoms with van der Waals surface area (Å²) in [6.07, 6.45) is 2.89. The normalized spacial score (nSPS) is 10.3. The van der Waals surface area contributed by atoms with Crippen LogP contribution < -0.4 is 0 Å². The molecule has 4 aromatic rings. The third-order valence-corrected chi connectivity index (χ3v) is 4.24. The molecule has 0 saturated heterocycles. The molecule has 1 aromatic heterocycles. The highest BCUT2D eigenvalue weighted by Crippen LogP contribution is 2.39. The van der Waals surface area contributed by atoms with Crippen LogP contribution in [0.4, 0.5) is 0 Å². The van der Waals surface area contributed by atoms with Gasteiger partial charge in [0.25, 0.3) is 0 Å². The first-order chi connectivity index (χ1) is 12.8. The fraction of sp³-hybridized carbons (Fsp3) is 0.0833. The number of benzene rings is 3. The van der Waals surface area contributed by atoms with Crippen molar-refractivity contribution in [3.8, 4) is 17.2 Å². The van der Waals surface area contributed by atoms with Crippen LogP contribution in [0.5, 0.6) is 0 Å². The summed E-state index contributed by atoms with van der Waals surface area (Å²) in [5.74, 6) is 0. The van der Waals surface area contributed by atoms with E-state index in [-0.39, 0.29) is 0 Å². The van der Waals surface area contributed by atoms with Crippen molar-refractivity contribution in [2.24, 2.45) is 0 Å². The van der Waals surface area contributed by atoms with Crippen LogP contribution in [0, 0.1) is 11.3 Å². The molecule has 0 fully saturated rings. The second-order valence-corrected chi connectivity index (χ2v) is 5.87. The molecule has 0 atom stereocenters. The molecule has 0 aliphatic heterocycles. The van der Waals surface area contributed by atoms with Crippen LogP contribution in [-0.4, -0.2) is 4.98 Å². The lowest BCUT2D eigenvalue weighted by molar-refractivity contribution is 1.28. The van der Waals surface area contributed by atoms with E-state index in [1.165, 1.54) is 34.6 Å². The second-order valence-electron chi connectivity index (χ2n) is 5.87. The van der Waals surface area contributed by atoms with E-state index in [1.807, 2.05) is 48.7 Å². The van der Waals surface area contributed by atoms with Crippen LogP contribution in [0.1, 0.15) is 18.1 Å². The van der Waals surface area contributed by atoms with Crippen molar-refractivity contribution >= 4 is 10.9 Å². The molecule has 0 bridgehead atoms. The van der Waals surface area contributed by atoms with Gasteiger partial charge in [-0.15, -0.1) is 0 Å². The van der Waals surface area contributed by atoms with Crippen molar-refractivity contribution < 1.29 is 0 Å². The molecule has 1 aliphatic rings. The molecule has 5 rings (SSSR count). The molecule has 0 radical (unpaired) electrons. The fourth-order valence-corrected chi connectivity index (χ4v) is 3.17. The maximum absolute atomic E-state index is 7.32. The average molecular weight is 336 g/mol. The first kappa shape index (κ1) is 17.4. The Morgan fingerprint density at radius 2 is 1.42 bits per heavy atom. The molecule has 2 nitrogen and oxygen atoms in total. The Balaban J connectivity index is 0.000000183. The quantitative estimate of drug-likeness (QED) is 0.346. The molecule has 0 unspecified atom stereocenters. The number of fused-ring (bicyclic) bond motifs is 5. The van der Waals surface area contributed by atoms with Crippen LogP contribution in [0.3, 0.4) is 0 Å².